The van der Waals surface area contributed by atoms with Gasteiger partial charge in [0.05, 0.1) is 12.2 Å². The third-order valence-electron chi connectivity index (χ3n) is 3.89. The van der Waals surface area contributed by atoms with E-state index in [0.29, 0.717) is 6.54 Å². The monoisotopic (exact) mass is 305 g/mol. The summed E-state index contributed by atoms with van der Waals surface area (Å²) in [4.78, 5) is 22.9. The second-order valence-electron chi connectivity index (χ2n) is 5.97. The molecule has 0 aromatic carbocycles. The van der Waals surface area contributed by atoms with E-state index >= 15 is 0 Å². The standard InChI is InChI=1S/C16H27N5O/c1-19(2)8-5-9-20-10-12-21(13-11-20)16(22)18-14-15-6-3-4-7-17-15/h3-4,6-7H,5,8-14H2,1-2H3,(H,18,22). The minimum absolute atomic E-state index is 0.0126. The average Bonchev–Trinajstić information content (AvgIpc) is 2.54. The number of carbonyl (C=O) groups excluding carboxylic acids is 1. The largest absolute Gasteiger partial charge is 0.332 e. The van der Waals surface area contributed by atoms with Crippen molar-refractivity contribution in [2.75, 3.05) is 53.4 Å². The van der Waals surface area contributed by atoms with Crippen molar-refractivity contribution in [3.63, 3.8) is 0 Å². The molecule has 0 saturated carbocycles. The maximum absolute atomic E-state index is 12.1. The molecule has 2 rings (SSSR count). The Bertz CT molecular complexity index is 443. The summed E-state index contributed by atoms with van der Waals surface area (Å²) >= 11 is 0. The van der Waals surface area contributed by atoms with Crippen molar-refractivity contribution >= 4 is 6.03 Å². The molecule has 1 aromatic rings. The van der Waals surface area contributed by atoms with Gasteiger partial charge in [0.25, 0.3) is 0 Å². The van der Waals surface area contributed by atoms with Crippen LogP contribution in [-0.2, 0) is 6.54 Å². The highest BCUT2D eigenvalue weighted by Gasteiger charge is 2.20. The van der Waals surface area contributed by atoms with Crippen molar-refractivity contribution in [2.24, 2.45) is 0 Å². The summed E-state index contributed by atoms with van der Waals surface area (Å²) in [6.07, 6.45) is 2.92. The first kappa shape index (κ1) is 16.7. The maximum atomic E-state index is 12.1. The first-order valence-electron chi connectivity index (χ1n) is 7.95. The molecule has 1 aromatic heterocycles. The molecular weight excluding hydrogens is 278 g/mol. The van der Waals surface area contributed by atoms with Gasteiger partial charge in [0.1, 0.15) is 0 Å². The molecule has 2 heterocycles. The van der Waals surface area contributed by atoms with E-state index < -0.39 is 0 Å². The Kier molecular flexibility index (Phi) is 6.61. The zero-order valence-corrected chi connectivity index (χ0v) is 13.7. The van der Waals surface area contributed by atoms with Crippen molar-refractivity contribution in [3.05, 3.63) is 30.1 Å². The quantitative estimate of drug-likeness (QED) is 0.847. The van der Waals surface area contributed by atoms with Gasteiger partial charge in [-0.1, -0.05) is 6.07 Å². The first-order valence-corrected chi connectivity index (χ1v) is 7.95. The van der Waals surface area contributed by atoms with Gasteiger partial charge in [-0.05, 0) is 45.7 Å². The number of nitrogens with zero attached hydrogens (tertiary/aromatic N) is 4. The van der Waals surface area contributed by atoms with Gasteiger partial charge in [-0.3, -0.25) is 9.88 Å². The molecule has 1 N–H and O–H groups in total. The van der Waals surface area contributed by atoms with Crippen LogP contribution < -0.4 is 5.32 Å². The summed E-state index contributed by atoms with van der Waals surface area (Å²) in [7, 11) is 4.20. The van der Waals surface area contributed by atoms with Crippen LogP contribution >= 0.6 is 0 Å². The molecule has 2 amide bonds. The Morgan fingerprint density at radius 3 is 2.68 bits per heavy atom. The predicted molar refractivity (Wildman–Crippen MR) is 87.7 cm³/mol. The Hall–Kier alpha value is -1.66. The highest BCUT2D eigenvalue weighted by Crippen LogP contribution is 2.03. The van der Waals surface area contributed by atoms with Crippen molar-refractivity contribution in [1.82, 2.24) is 25.0 Å². The SMILES string of the molecule is CN(C)CCCN1CCN(C(=O)NCc2ccccn2)CC1. The lowest BCUT2D eigenvalue weighted by Crippen LogP contribution is -2.51. The second kappa shape index (κ2) is 8.70. The van der Waals surface area contributed by atoms with E-state index in [-0.39, 0.29) is 6.03 Å². The normalized spacial score (nSPS) is 16.0. The smallest absolute Gasteiger partial charge is 0.317 e. The molecule has 0 spiro atoms. The minimum atomic E-state index is 0.0126. The van der Waals surface area contributed by atoms with Crippen LogP contribution in [0.25, 0.3) is 0 Å². The number of urea groups is 1. The minimum Gasteiger partial charge on any atom is -0.332 e. The van der Waals surface area contributed by atoms with E-state index in [0.717, 1.165) is 45.0 Å². The van der Waals surface area contributed by atoms with Crippen LogP contribution in [0.2, 0.25) is 0 Å². The first-order chi connectivity index (χ1) is 10.6. The van der Waals surface area contributed by atoms with Gasteiger partial charge in [-0.2, -0.15) is 0 Å². The number of nitrogens with one attached hydrogen (secondary N) is 1. The Labute approximate surface area is 133 Å². The van der Waals surface area contributed by atoms with Crippen LogP contribution in [-0.4, -0.2) is 79.1 Å². The van der Waals surface area contributed by atoms with Crippen molar-refractivity contribution < 1.29 is 4.79 Å². The number of hydrogen-bond acceptors (Lipinski definition) is 4. The van der Waals surface area contributed by atoms with Gasteiger partial charge >= 0.3 is 6.03 Å². The third kappa shape index (κ3) is 5.61. The molecule has 0 unspecified atom stereocenters. The predicted octanol–water partition coefficient (Wildman–Crippen LogP) is 0.861. The number of rotatable bonds is 6. The zero-order chi connectivity index (χ0) is 15.8. The van der Waals surface area contributed by atoms with Crippen molar-refractivity contribution in [3.8, 4) is 0 Å². The Morgan fingerprint density at radius 2 is 2.05 bits per heavy atom. The number of pyridine rings is 1. The summed E-state index contributed by atoms with van der Waals surface area (Å²) in [5, 5.41) is 2.94. The summed E-state index contributed by atoms with van der Waals surface area (Å²) in [6, 6.07) is 5.74. The Morgan fingerprint density at radius 1 is 1.27 bits per heavy atom. The molecular formula is C16H27N5O. The molecule has 6 heteroatoms. The lowest BCUT2D eigenvalue weighted by Gasteiger charge is -2.34. The number of carbonyl (C=O) groups is 1. The molecule has 1 aliphatic rings. The highest BCUT2D eigenvalue weighted by molar-refractivity contribution is 5.74. The zero-order valence-electron chi connectivity index (χ0n) is 13.7. The molecule has 1 saturated heterocycles. The van der Waals surface area contributed by atoms with Crippen molar-refractivity contribution in [1.29, 1.82) is 0 Å². The van der Waals surface area contributed by atoms with E-state index in [1.165, 1.54) is 6.42 Å². The van der Waals surface area contributed by atoms with Gasteiger partial charge in [-0.25, -0.2) is 4.79 Å². The van der Waals surface area contributed by atoms with Crippen LogP contribution in [0.15, 0.2) is 24.4 Å². The number of hydrogen-bond donors (Lipinski definition) is 1. The lowest BCUT2D eigenvalue weighted by atomic mass is 10.3. The fourth-order valence-electron chi connectivity index (χ4n) is 2.57. The fourth-order valence-corrected chi connectivity index (χ4v) is 2.57. The van der Waals surface area contributed by atoms with E-state index in [1.807, 2.05) is 23.1 Å². The molecule has 0 aliphatic carbocycles. The van der Waals surface area contributed by atoms with Gasteiger partial charge in [-0.15, -0.1) is 0 Å². The number of amides is 2. The molecule has 0 bridgehead atoms. The Balaban J connectivity index is 1.64. The lowest BCUT2D eigenvalue weighted by molar-refractivity contribution is 0.136. The van der Waals surface area contributed by atoms with Crippen LogP contribution in [0.3, 0.4) is 0 Å². The highest BCUT2D eigenvalue weighted by atomic mass is 16.2. The maximum Gasteiger partial charge on any atom is 0.317 e. The number of piperazine rings is 1. The third-order valence-corrected chi connectivity index (χ3v) is 3.89. The topological polar surface area (TPSA) is 51.7 Å². The van der Waals surface area contributed by atoms with Crippen LogP contribution in [0.4, 0.5) is 4.79 Å². The van der Waals surface area contributed by atoms with E-state index in [9.17, 15) is 4.79 Å². The molecule has 122 valence electrons. The van der Waals surface area contributed by atoms with E-state index in [1.54, 1.807) is 6.20 Å². The molecule has 22 heavy (non-hydrogen) atoms. The molecule has 0 atom stereocenters. The van der Waals surface area contributed by atoms with Gasteiger partial charge < -0.3 is 15.1 Å². The van der Waals surface area contributed by atoms with E-state index in [4.69, 9.17) is 0 Å². The molecule has 0 radical (unpaired) electrons. The summed E-state index contributed by atoms with van der Waals surface area (Å²) in [5.41, 5.74) is 0.887. The van der Waals surface area contributed by atoms with Gasteiger partial charge in [0.2, 0.25) is 0 Å². The van der Waals surface area contributed by atoms with E-state index in [2.05, 4.69) is 34.2 Å². The number of aromatic nitrogens is 1. The summed E-state index contributed by atoms with van der Waals surface area (Å²) < 4.78 is 0. The molecule has 1 fully saturated rings. The van der Waals surface area contributed by atoms with Gasteiger partial charge in [0.15, 0.2) is 0 Å². The van der Waals surface area contributed by atoms with Crippen LogP contribution in [0.5, 0.6) is 0 Å². The average molecular weight is 305 g/mol. The summed E-state index contributed by atoms with van der Waals surface area (Å²) in [6.45, 7) is 6.25. The van der Waals surface area contributed by atoms with Gasteiger partial charge in [0, 0.05) is 32.4 Å². The van der Waals surface area contributed by atoms with Crippen LogP contribution in [0, 0.1) is 0 Å². The van der Waals surface area contributed by atoms with Crippen LogP contribution in [0.1, 0.15) is 12.1 Å². The molecule has 1 aliphatic heterocycles. The van der Waals surface area contributed by atoms with Crippen molar-refractivity contribution in [2.45, 2.75) is 13.0 Å². The second-order valence-corrected chi connectivity index (χ2v) is 5.97. The fraction of sp³-hybridized carbons (Fsp3) is 0.625. The summed E-state index contributed by atoms with van der Waals surface area (Å²) in [5.74, 6) is 0. The molecule has 6 nitrogen and oxygen atoms in total.